The van der Waals surface area contributed by atoms with E-state index in [0.29, 0.717) is 12.8 Å². The standard InChI is InChI=1S/C7H14FNO2S/c8-7(5-9)6-1-3-12(10,11)4-2-6/h6-7H,1-5,9H2. The third kappa shape index (κ3) is 2.42. The molecule has 0 amide bonds. The first kappa shape index (κ1) is 9.92. The van der Waals surface area contributed by atoms with Crippen molar-refractivity contribution in [2.24, 2.45) is 11.7 Å². The van der Waals surface area contributed by atoms with Crippen molar-refractivity contribution in [2.75, 3.05) is 18.1 Å². The summed E-state index contributed by atoms with van der Waals surface area (Å²) in [6.45, 7) is 0.00468. The van der Waals surface area contributed by atoms with E-state index in [1.54, 1.807) is 0 Å². The van der Waals surface area contributed by atoms with Crippen LogP contribution in [0.4, 0.5) is 4.39 Å². The second-order valence-electron chi connectivity index (χ2n) is 3.24. The zero-order valence-electron chi connectivity index (χ0n) is 6.87. The highest BCUT2D eigenvalue weighted by Gasteiger charge is 2.28. The van der Waals surface area contributed by atoms with Crippen molar-refractivity contribution in [3.63, 3.8) is 0 Å². The number of hydrogen-bond acceptors (Lipinski definition) is 3. The van der Waals surface area contributed by atoms with Crippen LogP contribution in [0.15, 0.2) is 0 Å². The number of halogens is 1. The molecule has 12 heavy (non-hydrogen) atoms. The molecule has 0 bridgehead atoms. The van der Waals surface area contributed by atoms with Crippen molar-refractivity contribution in [2.45, 2.75) is 19.0 Å². The Morgan fingerprint density at radius 2 is 1.92 bits per heavy atom. The molecule has 1 heterocycles. The molecule has 0 aliphatic carbocycles. The number of hydrogen-bond donors (Lipinski definition) is 1. The lowest BCUT2D eigenvalue weighted by atomic mass is 9.97. The van der Waals surface area contributed by atoms with E-state index >= 15 is 0 Å². The van der Waals surface area contributed by atoms with Gasteiger partial charge in [-0.3, -0.25) is 0 Å². The van der Waals surface area contributed by atoms with Crippen LogP contribution in [-0.2, 0) is 9.84 Å². The molecule has 1 aliphatic rings. The molecule has 1 rings (SSSR count). The molecular formula is C7H14FNO2S. The maximum Gasteiger partial charge on any atom is 0.150 e. The predicted molar refractivity (Wildman–Crippen MR) is 45.3 cm³/mol. The van der Waals surface area contributed by atoms with Gasteiger partial charge >= 0.3 is 0 Å². The molecule has 0 aromatic rings. The molecule has 0 spiro atoms. The Labute approximate surface area is 72.1 Å². The summed E-state index contributed by atoms with van der Waals surface area (Å²) >= 11 is 0. The maximum absolute atomic E-state index is 12.9. The summed E-state index contributed by atoms with van der Waals surface area (Å²) < 4.78 is 34.9. The zero-order chi connectivity index (χ0) is 9.19. The van der Waals surface area contributed by atoms with E-state index in [9.17, 15) is 12.8 Å². The molecule has 0 radical (unpaired) electrons. The molecule has 3 nitrogen and oxygen atoms in total. The van der Waals surface area contributed by atoms with Crippen molar-refractivity contribution in [3.8, 4) is 0 Å². The minimum Gasteiger partial charge on any atom is -0.328 e. The van der Waals surface area contributed by atoms with Gasteiger partial charge < -0.3 is 5.73 Å². The minimum absolute atomic E-state index is 0.00468. The van der Waals surface area contributed by atoms with E-state index in [4.69, 9.17) is 5.73 Å². The molecule has 0 aromatic carbocycles. The average Bonchev–Trinajstić information content (AvgIpc) is 2.03. The van der Waals surface area contributed by atoms with Crippen molar-refractivity contribution >= 4 is 9.84 Å². The quantitative estimate of drug-likeness (QED) is 0.680. The highest BCUT2D eigenvalue weighted by molar-refractivity contribution is 7.91. The van der Waals surface area contributed by atoms with E-state index in [1.807, 2.05) is 0 Å². The van der Waals surface area contributed by atoms with E-state index in [-0.39, 0.29) is 24.0 Å². The Balaban J connectivity index is 2.46. The molecule has 0 saturated carbocycles. The first-order valence-electron chi connectivity index (χ1n) is 4.10. The molecular weight excluding hydrogens is 181 g/mol. The van der Waals surface area contributed by atoms with Gasteiger partial charge in [0, 0.05) is 6.54 Å². The second kappa shape index (κ2) is 3.70. The summed E-state index contributed by atoms with van der Waals surface area (Å²) in [6.07, 6.45) is -0.165. The fraction of sp³-hybridized carbons (Fsp3) is 1.00. The number of nitrogens with two attached hydrogens (primary N) is 1. The molecule has 1 unspecified atom stereocenters. The summed E-state index contributed by atoms with van der Waals surface area (Å²) in [5.74, 6) is 0.106. The van der Waals surface area contributed by atoms with Gasteiger partial charge in [-0.15, -0.1) is 0 Å². The predicted octanol–water partition coefficient (Wildman–Crippen LogP) is 0.108. The third-order valence-electron chi connectivity index (χ3n) is 2.34. The molecule has 1 saturated heterocycles. The van der Waals surface area contributed by atoms with Gasteiger partial charge in [-0.2, -0.15) is 0 Å². The number of alkyl halides is 1. The minimum atomic E-state index is -2.86. The van der Waals surface area contributed by atoms with Crippen LogP contribution in [-0.4, -0.2) is 32.6 Å². The first-order chi connectivity index (χ1) is 5.55. The molecule has 5 heteroatoms. The van der Waals surface area contributed by atoms with Gasteiger partial charge in [0.2, 0.25) is 0 Å². The Morgan fingerprint density at radius 3 is 2.33 bits per heavy atom. The summed E-state index contributed by atoms with van der Waals surface area (Å²) in [5, 5.41) is 0. The highest BCUT2D eigenvalue weighted by atomic mass is 32.2. The first-order valence-corrected chi connectivity index (χ1v) is 5.92. The highest BCUT2D eigenvalue weighted by Crippen LogP contribution is 2.23. The normalized spacial score (nSPS) is 26.8. The van der Waals surface area contributed by atoms with Crippen LogP contribution in [0.2, 0.25) is 0 Å². The van der Waals surface area contributed by atoms with Crippen LogP contribution < -0.4 is 5.73 Å². The van der Waals surface area contributed by atoms with Crippen molar-refractivity contribution in [3.05, 3.63) is 0 Å². The fourth-order valence-corrected chi connectivity index (χ4v) is 2.99. The molecule has 1 atom stereocenters. The molecule has 72 valence electrons. The van der Waals surface area contributed by atoms with E-state index in [2.05, 4.69) is 0 Å². The van der Waals surface area contributed by atoms with Gasteiger partial charge in [0.25, 0.3) is 0 Å². The number of rotatable bonds is 2. The van der Waals surface area contributed by atoms with Gasteiger partial charge in [-0.1, -0.05) is 0 Å². The van der Waals surface area contributed by atoms with E-state index in [1.165, 1.54) is 0 Å². The van der Waals surface area contributed by atoms with Crippen molar-refractivity contribution < 1.29 is 12.8 Å². The van der Waals surface area contributed by atoms with Gasteiger partial charge in [0.15, 0.2) is 0 Å². The smallest absolute Gasteiger partial charge is 0.150 e. The van der Waals surface area contributed by atoms with Crippen molar-refractivity contribution in [1.82, 2.24) is 0 Å². The average molecular weight is 195 g/mol. The van der Waals surface area contributed by atoms with Gasteiger partial charge in [-0.25, -0.2) is 12.8 Å². The van der Waals surface area contributed by atoms with Gasteiger partial charge in [-0.05, 0) is 18.8 Å². The topological polar surface area (TPSA) is 60.2 Å². The van der Waals surface area contributed by atoms with Crippen LogP contribution in [0.25, 0.3) is 0 Å². The zero-order valence-corrected chi connectivity index (χ0v) is 7.69. The Kier molecular flexibility index (Phi) is 3.06. The fourth-order valence-electron chi connectivity index (χ4n) is 1.46. The Hall–Kier alpha value is -0.160. The summed E-state index contributed by atoms with van der Waals surface area (Å²) in [6, 6.07) is 0. The number of sulfone groups is 1. The van der Waals surface area contributed by atoms with Gasteiger partial charge in [0.1, 0.15) is 16.0 Å². The molecule has 1 fully saturated rings. The SMILES string of the molecule is NCC(F)C1CCS(=O)(=O)CC1. The molecule has 1 aliphatic heterocycles. The van der Waals surface area contributed by atoms with Crippen LogP contribution >= 0.6 is 0 Å². The van der Waals surface area contributed by atoms with Crippen LogP contribution in [0.5, 0.6) is 0 Å². The third-order valence-corrected chi connectivity index (χ3v) is 4.05. The van der Waals surface area contributed by atoms with E-state index < -0.39 is 16.0 Å². The largest absolute Gasteiger partial charge is 0.328 e. The van der Waals surface area contributed by atoms with Gasteiger partial charge in [0.05, 0.1) is 11.5 Å². The Bertz CT molecular complexity index is 226. The summed E-state index contributed by atoms with van der Waals surface area (Å²) in [7, 11) is -2.86. The summed E-state index contributed by atoms with van der Waals surface area (Å²) in [4.78, 5) is 0. The lowest BCUT2D eigenvalue weighted by molar-refractivity contribution is 0.221. The molecule has 2 N–H and O–H groups in total. The molecule has 0 aromatic heterocycles. The van der Waals surface area contributed by atoms with Crippen molar-refractivity contribution in [1.29, 1.82) is 0 Å². The van der Waals surface area contributed by atoms with Crippen LogP contribution in [0.3, 0.4) is 0 Å². The monoisotopic (exact) mass is 195 g/mol. The Morgan fingerprint density at radius 1 is 1.42 bits per heavy atom. The summed E-state index contributed by atoms with van der Waals surface area (Å²) in [5.41, 5.74) is 5.15. The maximum atomic E-state index is 12.9. The van der Waals surface area contributed by atoms with Crippen LogP contribution in [0, 0.1) is 5.92 Å². The second-order valence-corrected chi connectivity index (χ2v) is 5.54. The van der Waals surface area contributed by atoms with Crippen LogP contribution in [0.1, 0.15) is 12.8 Å². The lowest BCUT2D eigenvalue weighted by Crippen LogP contribution is -2.32. The van der Waals surface area contributed by atoms with E-state index in [0.717, 1.165) is 0 Å². The lowest BCUT2D eigenvalue weighted by Gasteiger charge is -2.23.